The number of hydrogen-bond donors (Lipinski definition) is 1. The van der Waals surface area contributed by atoms with Gasteiger partial charge in [-0.05, 0) is 58.8 Å². The van der Waals surface area contributed by atoms with Crippen LogP contribution >= 0.6 is 0 Å². The second-order valence-corrected chi connectivity index (χ2v) is 8.15. The van der Waals surface area contributed by atoms with Crippen LogP contribution in [0.25, 0.3) is 21.5 Å². The van der Waals surface area contributed by atoms with Gasteiger partial charge in [0.2, 0.25) is 0 Å². The number of nitrogens with one attached hydrogen (secondary N) is 1. The monoisotopic (exact) mass is 404 g/mol. The number of ether oxygens (including phenoxy) is 1. The van der Waals surface area contributed by atoms with Gasteiger partial charge >= 0.3 is 0 Å². The van der Waals surface area contributed by atoms with Crippen LogP contribution < -0.4 is 9.57 Å². The van der Waals surface area contributed by atoms with Crippen molar-refractivity contribution >= 4 is 37.8 Å². The Morgan fingerprint density at radius 1 is 0.897 bits per heavy atom. The molecule has 0 heterocycles. The molecule has 5 nitrogen and oxygen atoms in total. The fourth-order valence-corrected chi connectivity index (χ4v) is 4.07. The van der Waals surface area contributed by atoms with E-state index in [1.165, 1.54) is 12.1 Å². The largest absolute Gasteiger partial charge is 0.494 e. The maximum absolute atomic E-state index is 12.6. The molecular formula is C23H20N2O3S. The van der Waals surface area contributed by atoms with E-state index < -0.39 is 10.0 Å². The van der Waals surface area contributed by atoms with E-state index in [4.69, 9.17) is 4.74 Å². The van der Waals surface area contributed by atoms with Crippen molar-refractivity contribution in [2.45, 2.75) is 11.8 Å². The van der Waals surface area contributed by atoms with Crippen LogP contribution in [-0.2, 0) is 10.0 Å². The van der Waals surface area contributed by atoms with E-state index in [-0.39, 0.29) is 4.90 Å². The van der Waals surface area contributed by atoms with Gasteiger partial charge in [-0.1, -0.05) is 48.5 Å². The molecule has 146 valence electrons. The first-order valence-corrected chi connectivity index (χ1v) is 10.7. The zero-order valence-electron chi connectivity index (χ0n) is 15.9. The fourth-order valence-electron chi connectivity index (χ4n) is 3.28. The summed E-state index contributed by atoms with van der Waals surface area (Å²) in [6, 6.07) is 24.3. The van der Waals surface area contributed by atoms with Crippen molar-refractivity contribution in [2.75, 3.05) is 6.61 Å². The fraction of sp³-hybridized carbons (Fsp3) is 0.0870. The molecule has 0 unspecified atom stereocenters. The molecule has 0 saturated carbocycles. The minimum Gasteiger partial charge on any atom is -0.494 e. The summed E-state index contributed by atoms with van der Waals surface area (Å²) in [5, 5.41) is 8.22. The van der Waals surface area contributed by atoms with Gasteiger partial charge in [0.15, 0.2) is 0 Å². The van der Waals surface area contributed by atoms with Crippen molar-refractivity contribution in [3.63, 3.8) is 0 Å². The highest BCUT2D eigenvalue weighted by atomic mass is 32.2. The summed E-state index contributed by atoms with van der Waals surface area (Å²) < 4.78 is 30.5. The van der Waals surface area contributed by atoms with Crippen LogP contribution in [0.2, 0.25) is 0 Å². The smallest absolute Gasteiger partial charge is 0.276 e. The summed E-state index contributed by atoms with van der Waals surface area (Å²) in [6.45, 7) is 2.39. The summed E-state index contributed by atoms with van der Waals surface area (Å²) in [5.41, 5.74) is 0.869. The van der Waals surface area contributed by atoms with E-state index in [9.17, 15) is 8.42 Å². The zero-order chi connectivity index (χ0) is 20.3. The van der Waals surface area contributed by atoms with Crippen LogP contribution in [0, 0.1) is 0 Å². The molecule has 0 saturated heterocycles. The van der Waals surface area contributed by atoms with E-state index in [0.717, 1.165) is 27.1 Å². The van der Waals surface area contributed by atoms with Gasteiger partial charge < -0.3 is 4.74 Å². The maximum Gasteiger partial charge on any atom is 0.276 e. The molecule has 1 N–H and O–H groups in total. The van der Waals surface area contributed by atoms with E-state index in [2.05, 4.69) is 16.0 Å². The Bertz CT molecular complexity index is 1240. The molecule has 4 aromatic rings. The van der Waals surface area contributed by atoms with Gasteiger partial charge in [-0.25, -0.2) is 4.83 Å². The minimum absolute atomic E-state index is 0.126. The number of benzene rings is 4. The van der Waals surface area contributed by atoms with E-state index in [1.807, 2.05) is 55.5 Å². The predicted molar refractivity (Wildman–Crippen MR) is 117 cm³/mol. The lowest BCUT2D eigenvalue weighted by Crippen LogP contribution is -2.18. The summed E-state index contributed by atoms with van der Waals surface area (Å²) in [6.07, 6.45) is 1.57. The Hall–Kier alpha value is -3.38. The molecule has 0 aliphatic carbocycles. The van der Waals surface area contributed by atoms with Crippen molar-refractivity contribution < 1.29 is 13.2 Å². The van der Waals surface area contributed by atoms with Crippen molar-refractivity contribution in [3.8, 4) is 5.75 Å². The molecule has 0 fully saturated rings. The first-order valence-electron chi connectivity index (χ1n) is 9.27. The Kier molecular flexibility index (Phi) is 5.18. The third-order valence-corrected chi connectivity index (χ3v) is 5.86. The van der Waals surface area contributed by atoms with Gasteiger partial charge in [-0.15, -0.1) is 0 Å². The second-order valence-electron chi connectivity index (χ2n) is 6.49. The standard InChI is InChI=1S/C23H20N2O3S/c1-2-28-19-11-13-20(14-12-19)29(26,27)25-24-16-23-21-9-5-3-7-17(21)15-18-8-4-6-10-22(18)23/h3-16,25H,2H2,1H3/b24-16-. The number of hydrazone groups is 1. The molecule has 4 rings (SSSR count). The van der Waals surface area contributed by atoms with Gasteiger partial charge in [0, 0.05) is 5.56 Å². The molecule has 0 amide bonds. The van der Waals surface area contributed by atoms with Crippen LogP contribution in [0.4, 0.5) is 0 Å². The molecule has 0 atom stereocenters. The number of nitrogens with zero attached hydrogens (tertiary/aromatic N) is 1. The summed E-state index contributed by atoms with van der Waals surface area (Å²) in [7, 11) is -3.77. The highest BCUT2D eigenvalue weighted by molar-refractivity contribution is 7.89. The Balaban J connectivity index is 1.67. The molecule has 0 radical (unpaired) electrons. The summed E-state index contributed by atoms with van der Waals surface area (Å²) >= 11 is 0. The average molecular weight is 404 g/mol. The van der Waals surface area contributed by atoms with Gasteiger partial charge in [-0.2, -0.15) is 13.5 Å². The van der Waals surface area contributed by atoms with Crippen LogP contribution in [0.1, 0.15) is 12.5 Å². The van der Waals surface area contributed by atoms with Crippen LogP contribution in [0.15, 0.2) is 88.9 Å². The van der Waals surface area contributed by atoms with Gasteiger partial charge in [0.25, 0.3) is 10.0 Å². The number of fused-ring (bicyclic) bond motifs is 2. The average Bonchev–Trinajstić information content (AvgIpc) is 2.74. The normalized spacial score (nSPS) is 11.9. The van der Waals surface area contributed by atoms with Gasteiger partial charge in [0.1, 0.15) is 5.75 Å². The molecule has 0 aromatic heterocycles. The van der Waals surface area contributed by atoms with Crippen molar-refractivity contribution in [1.29, 1.82) is 0 Å². The molecule has 4 aromatic carbocycles. The van der Waals surface area contributed by atoms with E-state index in [1.54, 1.807) is 18.3 Å². The summed E-state index contributed by atoms with van der Waals surface area (Å²) in [4.78, 5) is 2.43. The first kappa shape index (κ1) is 19.0. The highest BCUT2D eigenvalue weighted by Crippen LogP contribution is 2.27. The maximum atomic E-state index is 12.6. The quantitative estimate of drug-likeness (QED) is 0.288. The van der Waals surface area contributed by atoms with Gasteiger partial charge in [-0.3, -0.25) is 0 Å². The highest BCUT2D eigenvalue weighted by Gasteiger charge is 2.13. The first-order chi connectivity index (χ1) is 14.1. The lowest BCUT2D eigenvalue weighted by molar-refractivity contribution is 0.340. The topological polar surface area (TPSA) is 67.8 Å². The molecule has 6 heteroatoms. The molecule has 0 bridgehead atoms. The number of hydrogen-bond acceptors (Lipinski definition) is 4. The zero-order valence-corrected chi connectivity index (χ0v) is 16.7. The third-order valence-electron chi connectivity index (χ3n) is 4.62. The molecule has 0 aliphatic heterocycles. The Labute approximate surface area is 169 Å². The summed E-state index contributed by atoms with van der Waals surface area (Å²) in [5.74, 6) is 0.622. The predicted octanol–water partition coefficient (Wildman–Crippen LogP) is 4.70. The third kappa shape index (κ3) is 3.93. The molecular weight excluding hydrogens is 384 g/mol. The Morgan fingerprint density at radius 3 is 2.07 bits per heavy atom. The second kappa shape index (κ2) is 7.93. The Morgan fingerprint density at radius 2 is 1.48 bits per heavy atom. The van der Waals surface area contributed by atoms with E-state index >= 15 is 0 Å². The number of sulfonamides is 1. The molecule has 29 heavy (non-hydrogen) atoms. The van der Waals surface area contributed by atoms with Crippen molar-refractivity contribution in [2.24, 2.45) is 5.10 Å². The van der Waals surface area contributed by atoms with Gasteiger partial charge in [0.05, 0.1) is 17.7 Å². The number of rotatable bonds is 6. The molecule has 0 spiro atoms. The lowest BCUT2D eigenvalue weighted by atomic mass is 9.97. The minimum atomic E-state index is -3.77. The van der Waals surface area contributed by atoms with Crippen LogP contribution in [-0.4, -0.2) is 21.2 Å². The molecule has 0 aliphatic rings. The van der Waals surface area contributed by atoms with Crippen LogP contribution in [0.3, 0.4) is 0 Å². The van der Waals surface area contributed by atoms with Crippen LogP contribution in [0.5, 0.6) is 5.75 Å². The van der Waals surface area contributed by atoms with Crippen molar-refractivity contribution in [1.82, 2.24) is 4.83 Å². The SMILES string of the molecule is CCOc1ccc(S(=O)(=O)N/N=C\c2c3ccccc3cc3ccccc23)cc1. The van der Waals surface area contributed by atoms with Crippen molar-refractivity contribution in [3.05, 3.63) is 84.4 Å². The van der Waals surface area contributed by atoms with E-state index in [0.29, 0.717) is 12.4 Å². The lowest BCUT2D eigenvalue weighted by Gasteiger charge is -2.08.